The second-order valence-corrected chi connectivity index (χ2v) is 8.98. The van der Waals surface area contributed by atoms with E-state index < -0.39 is 11.6 Å². The number of thiazole rings is 1. The van der Waals surface area contributed by atoms with E-state index in [0.29, 0.717) is 19.3 Å². The number of carbonyl (C=O) groups is 2. The smallest absolute Gasteiger partial charge is 0.355 e. The first-order valence-electron chi connectivity index (χ1n) is 9.06. The summed E-state index contributed by atoms with van der Waals surface area (Å²) in [5.41, 5.74) is -0.967. The van der Waals surface area contributed by atoms with Crippen LogP contribution in [0.5, 0.6) is 0 Å². The van der Waals surface area contributed by atoms with Crippen molar-refractivity contribution in [3.05, 3.63) is 23.2 Å². The molecular formula is C20H25NO4S2. The zero-order valence-electron chi connectivity index (χ0n) is 15.6. The summed E-state index contributed by atoms with van der Waals surface area (Å²) in [6.07, 6.45) is 7.33. The van der Waals surface area contributed by atoms with Crippen molar-refractivity contribution in [3.8, 4) is 11.8 Å². The van der Waals surface area contributed by atoms with Crippen molar-refractivity contribution < 1.29 is 19.8 Å². The summed E-state index contributed by atoms with van der Waals surface area (Å²) in [4.78, 5) is 27.1. The number of hydrogen-bond acceptors (Lipinski definition) is 6. The predicted molar refractivity (Wildman–Crippen MR) is 108 cm³/mol. The molecule has 0 amide bonds. The number of hydrogen-bond donors (Lipinski definition) is 2. The van der Waals surface area contributed by atoms with Crippen molar-refractivity contribution >= 4 is 34.9 Å². The highest BCUT2D eigenvalue weighted by Crippen LogP contribution is 2.35. The van der Waals surface area contributed by atoms with Crippen molar-refractivity contribution in [2.75, 3.05) is 5.75 Å². The minimum Gasteiger partial charge on any atom is -0.476 e. The molecule has 146 valence electrons. The lowest BCUT2D eigenvalue weighted by molar-refractivity contribution is -0.121. The van der Waals surface area contributed by atoms with Crippen LogP contribution in [-0.2, 0) is 4.79 Å². The van der Waals surface area contributed by atoms with Crippen LogP contribution in [0.25, 0.3) is 0 Å². The topological polar surface area (TPSA) is 87.5 Å². The third-order valence-electron chi connectivity index (χ3n) is 4.44. The highest BCUT2D eigenvalue weighted by Gasteiger charge is 2.32. The Morgan fingerprint density at radius 3 is 3.00 bits per heavy atom. The van der Waals surface area contributed by atoms with Gasteiger partial charge in [-0.25, -0.2) is 9.78 Å². The maximum Gasteiger partial charge on any atom is 0.355 e. The lowest BCUT2D eigenvalue weighted by Crippen LogP contribution is -2.20. The molecule has 1 fully saturated rings. The molecule has 1 aliphatic carbocycles. The van der Waals surface area contributed by atoms with E-state index in [-0.39, 0.29) is 23.3 Å². The fraction of sp³-hybridized carbons (Fsp3) is 0.550. The van der Waals surface area contributed by atoms with Crippen LogP contribution in [0.3, 0.4) is 0 Å². The molecule has 7 heteroatoms. The fourth-order valence-corrected chi connectivity index (χ4v) is 4.93. The van der Waals surface area contributed by atoms with Gasteiger partial charge in [0, 0.05) is 36.3 Å². The maximum absolute atomic E-state index is 12.2. The van der Waals surface area contributed by atoms with Crippen LogP contribution in [-0.4, -0.2) is 38.3 Å². The number of thioether (sulfide) groups is 1. The Bertz CT molecular complexity index is 758. The summed E-state index contributed by atoms with van der Waals surface area (Å²) in [6, 6.07) is 0. The Balaban J connectivity index is 1.86. The number of nitrogens with zero attached hydrogens (tertiary/aromatic N) is 1. The second kappa shape index (κ2) is 10.1. The Labute approximate surface area is 168 Å². The highest BCUT2D eigenvalue weighted by molar-refractivity contribution is 8.01. The minimum absolute atomic E-state index is 0.0145. The monoisotopic (exact) mass is 407 g/mol. The van der Waals surface area contributed by atoms with Gasteiger partial charge >= 0.3 is 5.97 Å². The zero-order valence-corrected chi connectivity index (χ0v) is 17.2. The molecule has 27 heavy (non-hydrogen) atoms. The Morgan fingerprint density at radius 1 is 1.56 bits per heavy atom. The molecule has 1 aromatic heterocycles. The lowest BCUT2D eigenvalue weighted by atomic mass is 9.91. The summed E-state index contributed by atoms with van der Waals surface area (Å²) in [6.45, 7) is 3.65. The fourth-order valence-electron chi connectivity index (χ4n) is 3.04. The summed E-state index contributed by atoms with van der Waals surface area (Å²) in [5.74, 6) is 5.93. The number of carbonyl (C=O) groups excluding carboxylic acids is 1. The molecule has 0 spiro atoms. The van der Waals surface area contributed by atoms with Crippen molar-refractivity contribution in [2.45, 2.75) is 55.9 Å². The van der Waals surface area contributed by atoms with Crippen molar-refractivity contribution in [1.82, 2.24) is 4.98 Å². The van der Waals surface area contributed by atoms with Gasteiger partial charge in [-0.15, -0.1) is 17.3 Å². The molecule has 0 bridgehead atoms. The van der Waals surface area contributed by atoms with E-state index in [4.69, 9.17) is 5.11 Å². The second-order valence-electron chi connectivity index (χ2n) is 6.78. The Kier molecular flexibility index (Phi) is 8.08. The van der Waals surface area contributed by atoms with Crippen LogP contribution in [0.15, 0.2) is 21.9 Å². The largest absolute Gasteiger partial charge is 0.476 e. The Morgan fingerprint density at radius 2 is 2.33 bits per heavy atom. The van der Waals surface area contributed by atoms with Gasteiger partial charge in [0.15, 0.2) is 10.0 Å². The van der Waals surface area contributed by atoms with Gasteiger partial charge in [0.25, 0.3) is 0 Å². The summed E-state index contributed by atoms with van der Waals surface area (Å²) >= 11 is 2.81. The normalized spacial score (nSPS) is 21.8. The number of Topliss-reactive ketones (excluding diaryl/α,β-unsaturated/α-hetero) is 1. The van der Waals surface area contributed by atoms with Crippen LogP contribution >= 0.6 is 23.1 Å². The van der Waals surface area contributed by atoms with Crippen molar-refractivity contribution in [3.63, 3.8) is 0 Å². The first-order chi connectivity index (χ1) is 12.8. The number of carboxylic acids is 1. The van der Waals surface area contributed by atoms with Crippen LogP contribution in [0.2, 0.25) is 0 Å². The molecule has 1 aromatic rings. The number of aromatic nitrogens is 1. The van der Waals surface area contributed by atoms with E-state index in [1.54, 1.807) is 6.92 Å². The van der Waals surface area contributed by atoms with Gasteiger partial charge in [0.05, 0.1) is 0 Å². The molecule has 5 nitrogen and oxygen atoms in total. The minimum atomic E-state index is -1.03. The SMILES string of the molecule is CCC#CC(C)(O)C/C=C/[C@H]1CCC(=O)[C@@H]1CCSc1nc(C(=O)O)cs1. The van der Waals surface area contributed by atoms with E-state index in [2.05, 4.69) is 16.8 Å². The molecular weight excluding hydrogens is 382 g/mol. The van der Waals surface area contributed by atoms with Gasteiger partial charge in [-0.1, -0.05) is 36.8 Å². The third-order valence-corrected chi connectivity index (χ3v) is 6.50. The molecule has 0 saturated heterocycles. The molecule has 1 heterocycles. The molecule has 3 atom stereocenters. The van der Waals surface area contributed by atoms with E-state index >= 15 is 0 Å². The molecule has 1 saturated carbocycles. The molecule has 2 N–H and O–H groups in total. The lowest BCUT2D eigenvalue weighted by Gasteiger charge is -2.16. The van der Waals surface area contributed by atoms with Crippen molar-refractivity contribution in [2.24, 2.45) is 11.8 Å². The number of aliphatic hydroxyl groups is 1. The van der Waals surface area contributed by atoms with Gasteiger partial charge < -0.3 is 10.2 Å². The van der Waals surface area contributed by atoms with Gasteiger partial charge in [0.1, 0.15) is 11.4 Å². The summed E-state index contributed by atoms with van der Waals surface area (Å²) in [7, 11) is 0. The average Bonchev–Trinajstić information content (AvgIpc) is 3.22. The number of ketones is 1. The van der Waals surface area contributed by atoms with Crippen LogP contribution in [0.1, 0.15) is 56.4 Å². The first-order valence-corrected chi connectivity index (χ1v) is 10.9. The maximum atomic E-state index is 12.2. The first kappa shape index (κ1) is 21.7. The van der Waals surface area contributed by atoms with E-state index in [1.807, 2.05) is 19.1 Å². The van der Waals surface area contributed by atoms with Crippen molar-refractivity contribution in [1.29, 1.82) is 0 Å². The van der Waals surface area contributed by atoms with Gasteiger partial charge in [-0.3, -0.25) is 4.79 Å². The van der Waals surface area contributed by atoms with Crippen LogP contribution in [0.4, 0.5) is 0 Å². The van der Waals surface area contributed by atoms with Gasteiger partial charge in [-0.05, 0) is 25.7 Å². The van der Waals surface area contributed by atoms with Crippen LogP contribution < -0.4 is 0 Å². The van der Waals surface area contributed by atoms with Gasteiger partial charge in [-0.2, -0.15) is 0 Å². The van der Waals surface area contributed by atoms with E-state index in [9.17, 15) is 14.7 Å². The molecule has 0 aliphatic heterocycles. The van der Waals surface area contributed by atoms with E-state index in [1.165, 1.54) is 28.5 Å². The molecule has 1 unspecified atom stereocenters. The highest BCUT2D eigenvalue weighted by atomic mass is 32.2. The third kappa shape index (κ3) is 6.80. The molecule has 0 radical (unpaired) electrons. The van der Waals surface area contributed by atoms with E-state index in [0.717, 1.165) is 22.9 Å². The Hall–Kier alpha value is -1.62. The summed E-state index contributed by atoms with van der Waals surface area (Å²) < 4.78 is 0.718. The van der Waals surface area contributed by atoms with Crippen LogP contribution in [0, 0.1) is 23.7 Å². The number of aromatic carboxylic acids is 1. The average molecular weight is 408 g/mol. The number of carboxylic acid groups (broad SMARTS) is 1. The zero-order chi connectivity index (χ0) is 19.9. The molecule has 1 aliphatic rings. The molecule has 0 aromatic carbocycles. The predicted octanol–water partition coefficient (Wildman–Crippen LogP) is 4.03. The molecule has 2 rings (SSSR count). The van der Waals surface area contributed by atoms with Gasteiger partial charge in [0.2, 0.25) is 0 Å². The number of allylic oxidation sites excluding steroid dienone is 1. The standard InChI is InChI=1S/C20H25NO4S2/c1-3-4-10-20(2,25)11-5-6-14-7-8-17(22)15(14)9-12-26-19-21-16(13-27-19)18(23)24/h5-6,13-15,25H,3,7-9,11-12H2,1-2H3,(H,23,24)/b6-5+/t14-,15+,20?/m0/s1. The quantitative estimate of drug-likeness (QED) is 0.384. The number of rotatable bonds is 8. The summed E-state index contributed by atoms with van der Waals surface area (Å²) in [5, 5.41) is 20.6.